The lowest BCUT2D eigenvalue weighted by Gasteiger charge is -2.17. The molecule has 21 heavy (non-hydrogen) atoms. The maximum atomic E-state index is 12.1. The van der Waals surface area contributed by atoms with Gasteiger partial charge in [-0.3, -0.25) is 4.79 Å². The first-order valence-electron chi connectivity index (χ1n) is 6.95. The Morgan fingerprint density at radius 3 is 2.67 bits per heavy atom. The zero-order valence-corrected chi connectivity index (χ0v) is 11.6. The molecule has 3 nitrogen and oxygen atoms in total. The van der Waals surface area contributed by atoms with Crippen LogP contribution < -0.4 is 4.74 Å². The van der Waals surface area contributed by atoms with Crippen molar-refractivity contribution in [1.29, 1.82) is 0 Å². The van der Waals surface area contributed by atoms with Gasteiger partial charge in [-0.1, -0.05) is 30.3 Å². The van der Waals surface area contributed by atoms with Crippen LogP contribution in [0.3, 0.4) is 0 Å². The van der Waals surface area contributed by atoms with Crippen LogP contribution in [0.1, 0.15) is 27.9 Å². The summed E-state index contributed by atoms with van der Waals surface area (Å²) in [5.74, 6) is 0.676. The molecule has 0 saturated heterocycles. The van der Waals surface area contributed by atoms with Crippen molar-refractivity contribution < 1.29 is 14.6 Å². The molecular weight excluding hydrogens is 264 g/mol. The maximum Gasteiger partial charge on any atom is 0.192 e. The summed E-state index contributed by atoms with van der Waals surface area (Å²) in [5.41, 5.74) is 3.22. The van der Waals surface area contributed by atoms with Gasteiger partial charge < -0.3 is 9.84 Å². The Bertz CT molecular complexity index is 687. The average Bonchev–Trinajstić information content (AvgIpc) is 2.54. The molecule has 0 unspecified atom stereocenters. The Hall–Kier alpha value is -2.55. The molecule has 106 valence electrons. The molecule has 2 aromatic rings. The van der Waals surface area contributed by atoms with Crippen LogP contribution in [0.2, 0.25) is 0 Å². The predicted molar refractivity (Wildman–Crippen MR) is 80.6 cm³/mol. The van der Waals surface area contributed by atoms with E-state index in [0.29, 0.717) is 24.2 Å². The number of aryl methyl sites for hydroxylation is 1. The Labute approximate surface area is 123 Å². The van der Waals surface area contributed by atoms with Gasteiger partial charge >= 0.3 is 0 Å². The van der Waals surface area contributed by atoms with Crippen molar-refractivity contribution in [3.8, 4) is 5.75 Å². The topological polar surface area (TPSA) is 46.5 Å². The SMILES string of the molecule is O=C1C(=CO)CCc2cc(OCc3ccccc3)ccc21. The normalized spacial score (nSPS) is 15.8. The van der Waals surface area contributed by atoms with Gasteiger partial charge in [0.25, 0.3) is 0 Å². The third-order valence-corrected chi connectivity index (χ3v) is 3.68. The number of aliphatic hydroxyl groups is 1. The summed E-state index contributed by atoms with van der Waals surface area (Å²) in [6, 6.07) is 15.5. The highest BCUT2D eigenvalue weighted by Gasteiger charge is 2.22. The van der Waals surface area contributed by atoms with Crippen LogP contribution in [0.4, 0.5) is 0 Å². The molecule has 0 heterocycles. The van der Waals surface area contributed by atoms with Gasteiger partial charge in [0.1, 0.15) is 12.4 Å². The van der Waals surface area contributed by atoms with E-state index < -0.39 is 0 Å². The Morgan fingerprint density at radius 1 is 1.10 bits per heavy atom. The van der Waals surface area contributed by atoms with E-state index in [1.807, 2.05) is 36.4 Å². The minimum absolute atomic E-state index is 0.0895. The summed E-state index contributed by atoms with van der Waals surface area (Å²) in [7, 11) is 0. The van der Waals surface area contributed by atoms with Crippen molar-refractivity contribution in [3.63, 3.8) is 0 Å². The summed E-state index contributed by atoms with van der Waals surface area (Å²) in [6.45, 7) is 0.509. The highest BCUT2D eigenvalue weighted by molar-refractivity contribution is 6.10. The third kappa shape index (κ3) is 2.82. The highest BCUT2D eigenvalue weighted by Crippen LogP contribution is 2.28. The fourth-order valence-electron chi connectivity index (χ4n) is 2.51. The fraction of sp³-hybridized carbons (Fsp3) is 0.167. The lowest BCUT2D eigenvalue weighted by molar-refractivity contribution is 0.102. The number of benzene rings is 2. The zero-order chi connectivity index (χ0) is 14.7. The summed E-state index contributed by atoms with van der Waals surface area (Å²) < 4.78 is 5.77. The maximum absolute atomic E-state index is 12.1. The van der Waals surface area contributed by atoms with Crippen LogP contribution in [0.15, 0.2) is 60.4 Å². The minimum atomic E-state index is -0.0895. The van der Waals surface area contributed by atoms with Gasteiger partial charge in [-0.2, -0.15) is 0 Å². The number of ketones is 1. The number of allylic oxidation sites excluding steroid dienone is 1. The van der Waals surface area contributed by atoms with Gasteiger partial charge in [0, 0.05) is 11.1 Å². The Kier molecular flexibility index (Phi) is 3.73. The molecule has 0 bridgehead atoms. The lowest BCUT2D eigenvalue weighted by atomic mass is 9.87. The summed E-state index contributed by atoms with van der Waals surface area (Å²) in [4.78, 5) is 12.1. The summed E-state index contributed by atoms with van der Waals surface area (Å²) >= 11 is 0. The predicted octanol–water partition coefficient (Wildman–Crippen LogP) is 3.84. The molecule has 1 aliphatic rings. The highest BCUT2D eigenvalue weighted by atomic mass is 16.5. The molecule has 2 aromatic carbocycles. The van der Waals surface area contributed by atoms with Crippen LogP contribution in [0, 0.1) is 0 Å². The monoisotopic (exact) mass is 280 g/mol. The molecule has 3 heteroatoms. The average molecular weight is 280 g/mol. The van der Waals surface area contributed by atoms with E-state index in [-0.39, 0.29) is 5.78 Å². The number of rotatable bonds is 3. The quantitative estimate of drug-likeness (QED) is 0.686. The second-order valence-electron chi connectivity index (χ2n) is 5.08. The number of hydrogen-bond donors (Lipinski definition) is 1. The van der Waals surface area contributed by atoms with Crippen molar-refractivity contribution >= 4 is 5.78 Å². The smallest absolute Gasteiger partial charge is 0.192 e. The van der Waals surface area contributed by atoms with E-state index in [0.717, 1.165) is 29.6 Å². The largest absolute Gasteiger partial charge is 0.515 e. The molecular formula is C18H16O3. The molecule has 0 amide bonds. The number of Topliss-reactive ketones (excluding diaryl/α,β-unsaturated/α-hetero) is 1. The van der Waals surface area contributed by atoms with Crippen LogP contribution in [0.5, 0.6) is 5.75 Å². The van der Waals surface area contributed by atoms with Gasteiger partial charge in [-0.05, 0) is 42.2 Å². The first kappa shape index (κ1) is 13.4. The molecule has 0 aliphatic heterocycles. The van der Waals surface area contributed by atoms with Crippen molar-refractivity contribution in [2.24, 2.45) is 0 Å². The Morgan fingerprint density at radius 2 is 1.90 bits per heavy atom. The van der Waals surface area contributed by atoms with Crippen LogP contribution in [-0.2, 0) is 13.0 Å². The van der Waals surface area contributed by atoms with Gasteiger partial charge in [-0.25, -0.2) is 0 Å². The number of ether oxygens (including phenoxy) is 1. The first-order valence-corrected chi connectivity index (χ1v) is 6.95. The number of carbonyl (C=O) groups is 1. The molecule has 0 radical (unpaired) electrons. The molecule has 0 aromatic heterocycles. The van der Waals surface area contributed by atoms with E-state index in [2.05, 4.69) is 0 Å². The van der Waals surface area contributed by atoms with Gasteiger partial charge in [0.15, 0.2) is 5.78 Å². The Balaban J connectivity index is 1.76. The molecule has 0 atom stereocenters. The van der Waals surface area contributed by atoms with Crippen molar-refractivity contribution in [1.82, 2.24) is 0 Å². The van der Waals surface area contributed by atoms with Gasteiger partial charge in [-0.15, -0.1) is 0 Å². The minimum Gasteiger partial charge on any atom is -0.515 e. The van der Waals surface area contributed by atoms with E-state index in [9.17, 15) is 4.79 Å². The molecule has 0 saturated carbocycles. The second kappa shape index (κ2) is 5.83. The molecule has 1 aliphatic carbocycles. The number of fused-ring (bicyclic) bond motifs is 1. The summed E-state index contributed by atoms with van der Waals surface area (Å²) in [5, 5.41) is 9.04. The number of hydrogen-bond acceptors (Lipinski definition) is 3. The van der Waals surface area contributed by atoms with Crippen LogP contribution in [0.25, 0.3) is 0 Å². The van der Waals surface area contributed by atoms with E-state index >= 15 is 0 Å². The third-order valence-electron chi connectivity index (χ3n) is 3.68. The van der Waals surface area contributed by atoms with Crippen LogP contribution >= 0.6 is 0 Å². The van der Waals surface area contributed by atoms with Gasteiger partial charge in [0.2, 0.25) is 0 Å². The standard InChI is InChI=1S/C18H16O3/c19-11-15-7-6-14-10-16(8-9-17(14)18(15)20)21-12-13-4-2-1-3-5-13/h1-5,8-11,19H,6-7,12H2. The summed E-state index contributed by atoms with van der Waals surface area (Å²) in [6.07, 6.45) is 2.24. The molecule has 0 fully saturated rings. The molecule has 0 spiro atoms. The molecule has 1 N–H and O–H groups in total. The zero-order valence-electron chi connectivity index (χ0n) is 11.6. The van der Waals surface area contributed by atoms with Crippen molar-refractivity contribution in [2.45, 2.75) is 19.4 Å². The van der Waals surface area contributed by atoms with Crippen LogP contribution in [-0.4, -0.2) is 10.9 Å². The lowest BCUT2D eigenvalue weighted by Crippen LogP contribution is -2.14. The molecule has 3 rings (SSSR count). The van der Waals surface area contributed by atoms with Crippen molar-refractivity contribution in [2.75, 3.05) is 0 Å². The van der Waals surface area contributed by atoms with Gasteiger partial charge in [0.05, 0.1) is 6.26 Å². The number of aliphatic hydroxyl groups excluding tert-OH is 1. The first-order chi connectivity index (χ1) is 10.3. The fourth-order valence-corrected chi connectivity index (χ4v) is 2.51. The van der Waals surface area contributed by atoms with E-state index in [4.69, 9.17) is 9.84 Å². The van der Waals surface area contributed by atoms with Crippen molar-refractivity contribution in [3.05, 3.63) is 77.1 Å². The van der Waals surface area contributed by atoms with E-state index in [1.165, 1.54) is 0 Å². The second-order valence-corrected chi connectivity index (χ2v) is 5.08. The van der Waals surface area contributed by atoms with E-state index in [1.54, 1.807) is 12.1 Å². The number of carbonyl (C=O) groups excluding carboxylic acids is 1.